The molecule has 0 aromatic heterocycles. The lowest BCUT2D eigenvalue weighted by Gasteiger charge is -2.20. The fourth-order valence-electron chi connectivity index (χ4n) is 1.91. The van der Waals surface area contributed by atoms with E-state index in [0.717, 1.165) is 18.4 Å². The lowest BCUT2D eigenvalue weighted by molar-refractivity contribution is 0.0635. The van der Waals surface area contributed by atoms with Gasteiger partial charge < -0.3 is 14.9 Å². The van der Waals surface area contributed by atoms with E-state index in [4.69, 9.17) is 4.74 Å². The number of anilines is 1. The molecule has 1 aliphatic rings. The van der Waals surface area contributed by atoms with Gasteiger partial charge in [0, 0.05) is 6.42 Å². The molecule has 5 nitrogen and oxygen atoms in total. The van der Waals surface area contributed by atoms with Crippen LogP contribution in [0.15, 0.2) is 18.2 Å². The second kappa shape index (κ2) is 4.98. The highest BCUT2D eigenvalue weighted by atomic mass is 16.6. The number of amides is 1. The van der Waals surface area contributed by atoms with E-state index >= 15 is 0 Å². The Hall–Kier alpha value is -1.75. The smallest absolute Gasteiger partial charge is 0.412 e. The van der Waals surface area contributed by atoms with Crippen LogP contribution in [0.3, 0.4) is 0 Å². The molecule has 0 bridgehead atoms. The Morgan fingerprint density at radius 1 is 1.40 bits per heavy atom. The van der Waals surface area contributed by atoms with Crippen LogP contribution in [-0.4, -0.2) is 27.5 Å². The number of carbonyl (C=O) groups excluding carboxylic acids is 1. The normalized spacial score (nSPS) is 16.6. The van der Waals surface area contributed by atoms with Gasteiger partial charge >= 0.3 is 6.09 Å². The van der Waals surface area contributed by atoms with E-state index in [1.165, 1.54) is 0 Å². The van der Waals surface area contributed by atoms with Crippen LogP contribution in [0.2, 0.25) is 0 Å². The molecule has 3 N–H and O–H groups in total. The molecule has 0 saturated heterocycles. The molecule has 110 valence electrons. The number of aromatic hydroxyl groups is 1. The van der Waals surface area contributed by atoms with Gasteiger partial charge in [-0.3, -0.25) is 5.32 Å². The number of benzene rings is 1. The Balaban J connectivity index is 2.00. The third-order valence-corrected chi connectivity index (χ3v) is 3.06. The van der Waals surface area contributed by atoms with Crippen molar-refractivity contribution in [2.24, 2.45) is 0 Å². The first-order valence-corrected chi connectivity index (χ1v) is 6.71. The van der Waals surface area contributed by atoms with Gasteiger partial charge in [0.25, 0.3) is 0 Å². The molecule has 1 saturated carbocycles. The van der Waals surface area contributed by atoms with Gasteiger partial charge in [0.15, 0.2) is 0 Å². The van der Waals surface area contributed by atoms with E-state index in [1.54, 1.807) is 39.0 Å². The van der Waals surface area contributed by atoms with Gasteiger partial charge in [-0.05, 0) is 51.3 Å². The molecule has 5 heteroatoms. The quantitative estimate of drug-likeness (QED) is 0.743. The van der Waals surface area contributed by atoms with Crippen molar-refractivity contribution >= 4 is 11.8 Å². The molecular weight excluding hydrogens is 258 g/mol. The second-order valence-corrected chi connectivity index (χ2v) is 6.38. The zero-order valence-electron chi connectivity index (χ0n) is 12.1. The van der Waals surface area contributed by atoms with Crippen LogP contribution in [0.25, 0.3) is 0 Å². The van der Waals surface area contributed by atoms with Gasteiger partial charge in [0.1, 0.15) is 11.4 Å². The summed E-state index contributed by atoms with van der Waals surface area (Å²) < 4.78 is 5.12. The minimum atomic E-state index is -0.610. The van der Waals surface area contributed by atoms with Gasteiger partial charge in [-0.2, -0.15) is 0 Å². The number of phenols is 1. The van der Waals surface area contributed by atoms with E-state index in [9.17, 15) is 15.0 Å². The molecule has 0 heterocycles. The van der Waals surface area contributed by atoms with Crippen LogP contribution in [0.5, 0.6) is 5.75 Å². The topological polar surface area (TPSA) is 78.8 Å². The van der Waals surface area contributed by atoms with E-state index in [2.05, 4.69) is 5.32 Å². The summed E-state index contributed by atoms with van der Waals surface area (Å²) in [6, 6.07) is 4.95. The van der Waals surface area contributed by atoms with Gasteiger partial charge in [-0.1, -0.05) is 6.07 Å². The Labute approximate surface area is 118 Å². The molecule has 1 aromatic carbocycles. The SMILES string of the molecule is CC(C)(C)OC(=O)Nc1ccc(CC2(O)CC2)cc1O. The molecule has 0 spiro atoms. The summed E-state index contributed by atoms with van der Waals surface area (Å²) in [7, 11) is 0. The second-order valence-electron chi connectivity index (χ2n) is 6.38. The monoisotopic (exact) mass is 279 g/mol. The van der Waals surface area contributed by atoms with E-state index in [1.807, 2.05) is 0 Å². The summed E-state index contributed by atoms with van der Waals surface area (Å²) in [5.74, 6) is -0.0300. The first-order chi connectivity index (χ1) is 9.17. The third-order valence-electron chi connectivity index (χ3n) is 3.06. The Kier molecular flexibility index (Phi) is 3.65. The average Bonchev–Trinajstić information content (AvgIpc) is 2.97. The maximum Gasteiger partial charge on any atom is 0.412 e. The summed E-state index contributed by atoms with van der Waals surface area (Å²) in [5.41, 5.74) is -0.0513. The van der Waals surface area contributed by atoms with Crippen LogP contribution in [0, 0.1) is 0 Å². The highest BCUT2D eigenvalue weighted by Crippen LogP contribution is 2.39. The number of ether oxygens (including phenoxy) is 1. The van der Waals surface area contributed by atoms with Crippen molar-refractivity contribution in [3.05, 3.63) is 23.8 Å². The predicted octanol–water partition coefficient (Wildman–Crippen LogP) is 2.81. The molecule has 0 atom stereocenters. The van der Waals surface area contributed by atoms with Crippen molar-refractivity contribution in [1.82, 2.24) is 0 Å². The minimum absolute atomic E-state index is 0.0300. The van der Waals surface area contributed by atoms with Crippen LogP contribution in [0.1, 0.15) is 39.2 Å². The largest absolute Gasteiger partial charge is 0.506 e. The highest BCUT2D eigenvalue weighted by molar-refractivity contribution is 5.86. The molecule has 20 heavy (non-hydrogen) atoms. The minimum Gasteiger partial charge on any atom is -0.506 e. The first kappa shape index (κ1) is 14.7. The van der Waals surface area contributed by atoms with Gasteiger partial charge in [-0.25, -0.2) is 4.79 Å². The summed E-state index contributed by atoms with van der Waals surface area (Å²) in [6.45, 7) is 5.31. The van der Waals surface area contributed by atoms with Crippen LogP contribution < -0.4 is 5.32 Å². The number of phenolic OH excluding ortho intramolecular Hbond substituents is 1. The van der Waals surface area contributed by atoms with E-state index < -0.39 is 17.3 Å². The number of aliphatic hydroxyl groups is 1. The van der Waals surface area contributed by atoms with Crippen LogP contribution in [0.4, 0.5) is 10.5 Å². The zero-order chi connectivity index (χ0) is 15.0. The molecule has 1 fully saturated rings. The summed E-state index contributed by atoms with van der Waals surface area (Å²) >= 11 is 0. The first-order valence-electron chi connectivity index (χ1n) is 6.71. The number of hydrogen-bond donors (Lipinski definition) is 3. The molecular formula is C15H21NO4. The van der Waals surface area contributed by atoms with Gasteiger partial charge in [0.05, 0.1) is 11.3 Å². The van der Waals surface area contributed by atoms with Crippen molar-refractivity contribution in [2.45, 2.75) is 51.2 Å². The third kappa shape index (κ3) is 4.13. The Morgan fingerprint density at radius 2 is 2.05 bits per heavy atom. The molecule has 1 aliphatic carbocycles. The van der Waals surface area contributed by atoms with Crippen LogP contribution >= 0.6 is 0 Å². The number of carbonyl (C=O) groups is 1. The van der Waals surface area contributed by atoms with Gasteiger partial charge in [0.2, 0.25) is 0 Å². The van der Waals surface area contributed by atoms with Gasteiger partial charge in [-0.15, -0.1) is 0 Å². The van der Waals surface area contributed by atoms with Crippen molar-refractivity contribution in [3.8, 4) is 5.75 Å². The molecule has 1 amide bonds. The molecule has 0 radical (unpaired) electrons. The van der Waals surface area contributed by atoms with Crippen molar-refractivity contribution in [2.75, 3.05) is 5.32 Å². The van der Waals surface area contributed by atoms with E-state index in [0.29, 0.717) is 12.1 Å². The number of rotatable bonds is 3. The Bertz CT molecular complexity index is 515. The van der Waals surface area contributed by atoms with Crippen molar-refractivity contribution in [3.63, 3.8) is 0 Å². The molecule has 2 rings (SSSR count). The summed E-state index contributed by atoms with van der Waals surface area (Å²) in [6.07, 6.45) is 1.51. The molecule has 0 unspecified atom stereocenters. The lowest BCUT2D eigenvalue weighted by atomic mass is 10.1. The standard InChI is InChI=1S/C15H21NO4/c1-14(2,3)20-13(18)16-11-5-4-10(8-12(11)17)9-15(19)6-7-15/h4-5,8,17,19H,6-7,9H2,1-3H3,(H,16,18). The molecule has 1 aromatic rings. The predicted molar refractivity (Wildman–Crippen MR) is 75.9 cm³/mol. The lowest BCUT2D eigenvalue weighted by Crippen LogP contribution is -2.27. The average molecular weight is 279 g/mol. The fourth-order valence-corrected chi connectivity index (χ4v) is 1.91. The summed E-state index contributed by atoms with van der Waals surface area (Å²) in [5, 5.41) is 22.2. The van der Waals surface area contributed by atoms with E-state index in [-0.39, 0.29) is 5.75 Å². The molecule has 0 aliphatic heterocycles. The summed E-state index contributed by atoms with van der Waals surface area (Å²) in [4.78, 5) is 11.6. The van der Waals surface area contributed by atoms with Crippen molar-refractivity contribution < 1.29 is 19.7 Å². The zero-order valence-corrected chi connectivity index (χ0v) is 12.1. The number of nitrogens with one attached hydrogen (secondary N) is 1. The number of hydrogen-bond acceptors (Lipinski definition) is 4. The maximum absolute atomic E-state index is 11.6. The van der Waals surface area contributed by atoms with Crippen molar-refractivity contribution in [1.29, 1.82) is 0 Å². The highest BCUT2D eigenvalue weighted by Gasteiger charge is 2.40. The van der Waals surface area contributed by atoms with Crippen LogP contribution in [-0.2, 0) is 11.2 Å². The Morgan fingerprint density at radius 3 is 2.55 bits per heavy atom. The maximum atomic E-state index is 11.6. The fraction of sp³-hybridized carbons (Fsp3) is 0.533.